The summed E-state index contributed by atoms with van der Waals surface area (Å²) in [5.74, 6) is -3.38. The number of rotatable bonds is 4. The maximum atomic E-state index is 11.0. The van der Waals surface area contributed by atoms with Gasteiger partial charge in [0.05, 0.1) is 0 Å². The van der Waals surface area contributed by atoms with Gasteiger partial charge in [-0.3, -0.25) is 0 Å². The van der Waals surface area contributed by atoms with E-state index in [1.54, 1.807) is 0 Å². The fourth-order valence-electron chi connectivity index (χ4n) is 2.53. The number of aliphatic hydroxyl groups is 6. The third-order valence-corrected chi connectivity index (χ3v) is 3.91. The lowest BCUT2D eigenvalue weighted by Crippen LogP contribution is -2.65. The maximum Gasteiger partial charge on any atom is 0.335 e. The van der Waals surface area contributed by atoms with Crippen molar-refractivity contribution in [2.75, 3.05) is 0 Å². The average molecular weight is 370 g/mol. The molecule has 0 aliphatic carbocycles. The first-order chi connectivity index (χ1) is 11.6. The second-order valence-corrected chi connectivity index (χ2v) is 5.60. The molecule has 13 heteroatoms. The van der Waals surface area contributed by atoms with E-state index in [1.165, 1.54) is 0 Å². The van der Waals surface area contributed by atoms with Crippen LogP contribution in [0.25, 0.3) is 0 Å². The van der Waals surface area contributed by atoms with E-state index >= 15 is 0 Å². The number of ether oxygens (including phenoxy) is 3. The molecule has 0 saturated carbocycles. The lowest BCUT2D eigenvalue weighted by molar-refractivity contribution is -0.348. The van der Waals surface area contributed by atoms with Gasteiger partial charge in [0.1, 0.15) is 36.6 Å². The van der Waals surface area contributed by atoms with E-state index in [-0.39, 0.29) is 0 Å². The Kier molecular flexibility index (Phi) is 5.93. The molecule has 2 rings (SSSR count). The van der Waals surface area contributed by atoms with Crippen LogP contribution in [0.1, 0.15) is 0 Å². The summed E-state index contributed by atoms with van der Waals surface area (Å²) in [4.78, 5) is 22.0. The summed E-state index contributed by atoms with van der Waals surface area (Å²) in [6.45, 7) is 0. The van der Waals surface area contributed by atoms with E-state index in [4.69, 9.17) is 19.7 Å². The number of aliphatic hydroxyl groups excluding tert-OH is 6. The molecule has 144 valence electrons. The van der Waals surface area contributed by atoms with Gasteiger partial charge < -0.3 is 55.1 Å². The monoisotopic (exact) mass is 370 g/mol. The summed E-state index contributed by atoms with van der Waals surface area (Å²) in [6.07, 6.45) is -19.9. The molecule has 2 saturated heterocycles. The largest absolute Gasteiger partial charge is 0.479 e. The highest BCUT2D eigenvalue weighted by atomic mass is 16.7. The van der Waals surface area contributed by atoms with Gasteiger partial charge in [-0.15, -0.1) is 0 Å². The van der Waals surface area contributed by atoms with Gasteiger partial charge >= 0.3 is 11.9 Å². The summed E-state index contributed by atoms with van der Waals surface area (Å²) >= 11 is 0. The molecule has 13 nitrogen and oxygen atoms in total. The van der Waals surface area contributed by atoms with Crippen molar-refractivity contribution in [1.29, 1.82) is 0 Å². The molecular formula is C12H18O13. The molecule has 0 aromatic heterocycles. The van der Waals surface area contributed by atoms with E-state index in [1.807, 2.05) is 0 Å². The third kappa shape index (κ3) is 3.74. The zero-order valence-corrected chi connectivity index (χ0v) is 12.4. The Balaban J connectivity index is 2.20. The Morgan fingerprint density at radius 2 is 1.20 bits per heavy atom. The number of carboxylic acids is 2. The van der Waals surface area contributed by atoms with Crippen LogP contribution in [0.5, 0.6) is 0 Å². The second kappa shape index (κ2) is 7.45. The van der Waals surface area contributed by atoms with Crippen LogP contribution in [0, 0.1) is 0 Å². The Hall–Kier alpha value is -1.42. The van der Waals surface area contributed by atoms with E-state index in [0.29, 0.717) is 0 Å². The predicted octanol–water partition coefficient (Wildman–Crippen LogP) is -5.21. The van der Waals surface area contributed by atoms with Crippen molar-refractivity contribution in [3.8, 4) is 0 Å². The van der Waals surface area contributed by atoms with Crippen LogP contribution in [-0.2, 0) is 23.8 Å². The summed E-state index contributed by atoms with van der Waals surface area (Å²) in [6, 6.07) is 0. The van der Waals surface area contributed by atoms with E-state index in [0.717, 1.165) is 0 Å². The summed E-state index contributed by atoms with van der Waals surface area (Å²) in [5.41, 5.74) is 0. The first-order valence-electron chi connectivity index (χ1n) is 7.06. The van der Waals surface area contributed by atoms with Gasteiger partial charge in [0, 0.05) is 0 Å². The molecule has 0 bridgehead atoms. The molecule has 0 amide bonds. The zero-order valence-electron chi connectivity index (χ0n) is 12.4. The van der Waals surface area contributed by atoms with Gasteiger partial charge in [-0.05, 0) is 0 Å². The van der Waals surface area contributed by atoms with Gasteiger partial charge in [0.15, 0.2) is 24.8 Å². The minimum Gasteiger partial charge on any atom is -0.479 e. The smallest absolute Gasteiger partial charge is 0.335 e. The van der Waals surface area contributed by atoms with E-state index in [9.17, 15) is 40.2 Å². The van der Waals surface area contributed by atoms with Gasteiger partial charge in [-0.2, -0.15) is 0 Å². The molecular weight excluding hydrogens is 352 g/mol. The Morgan fingerprint density at radius 3 is 1.72 bits per heavy atom. The van der Waals surface area contributed by atoms with Gasteiger partial charge in [0.2, 0.25) is 0 Å². The fraction of sp³-hybridized carbons (Fsp3) is 0.833. The Bertz CT molecular complexity index is 511. The van der Waals surface area contributed by atoms with Crippen molar-refractivity contribution in [3.05, 3.63) is 0 Å². The van der Waals surface area contributed by atoms with Crippen LogP contribution < -0.4 is 0 Å². The first-order valence-corrected chi connectivity index (χ1v) is 7.06. The highest BCUT2D eigenvalue weighted by Crippen LogP contribution is 2.28. The molecule has 2 fully saturated rings. The fourth-order valence-corrected chi connectivity index (χ4v) is 2.53. The minimum absolute atomic E-state index is 1.68. The Labute approximate surface area is 139 Å². The highest BCUT2D eigenvalue weighted by Gasteiger charge is 2.53. The summed E-state index contributed by atoms with van der Waals surface area (Å²) < 4.78 is 14.3. The van der Waals surface area contributed by atoms with Crippen molar-refractivity contribution in [2.24, 2.45) is 0 Å². The lowest BCUT2D eigenvalue weighted by atomic mass is 9.96. The number of hydrogen-bond acceptors (Lipinski definition) is 11. The summed E-state index contributed by atoms with van der Waals surface area (Å²) in [5, 5.41) is 76.1. The van der Waals surface area contributed by atoms with Crippen LogP contribution in [0.4, 0.5) is 0 Å². The van der Waals surface area contributed by atoms with Crippen molar-refractivity contribution in [3.63, 3.8) is 0 Å². The molecule has 0 aromatic carbocycles. The average Bonchev–Trinajstić information content (AvgIpc) is 2.54. The topological polar surface area (TPSA) is 224 Å². The molecule has 2 aliphatic heterocycles. The minimum atomic E-state index is -2.07. The lowest BCUT2D eigenvalue weighted by Gasteiger charge is -2.44. The molecule has 2 heterocycles. The molecule has 25 heavy (non-hydrogen) atoms. The van der Waals surface area contributed by atoms with Crippen LogP contribution >= 0.6 is 0 Å². The molecule has 0 spiro atoms. The van der Waals surface area contributed by atoms with Crippen molar-refractivity contribution >= 4 is 11.9 Å². The summed E-state index contributed by atoms with van der Waals surface area (Å²) in [7, 11) is 0. The van der Waals surface area contributed by atoms with Gasteiger partial charge in [-0.25, -0.2) is 9.59 Å². The number of aliphatic carboxylic acids is 2. The molecule has 2 aliphatic rings. The van der Waals surface area contributed by atoms with Gasteiger partial charge in [-0.1, -0.05) is 0 Å². The van der Waals surface area contributed by atoms with E-state index in [2.05, 4.69) is 4.74 Å². The van der Waals surface area contributed by atoms with Crippen LogP contribution in [0.3, 0.4) is 0 Å². The molecule has 1 unspecified atom stereocenters. The van der Waals surface area contributed by atoms with Crippen molar-refractivity contribution in [2.45, 2.75) is 61.4 Å². The molecule has 10 atom stereocenters. The molecule has 0 aromatic rings. The Morgan fingerprint density at radius 1 is 0.680 bits per heavy atom. The molecule has 8 N–H and O–H groups in total. The quantitative estimate of drug-likeness (QED) is 0.232. The van der Waals surface area contributed by atoms with Crippen molar-refractivity contribution in [1.82, 2.24) is 0 Å². The predicted molar refractivity (Wildman–Crippen MR) is 69.7 cm³/mol. The number of hydrogen-bond donors (Lipinski definition) is 8. The SMILES string of the molecule is O=C(O)[C@H]1O[C@@H](O[C@H]2[C@H](O)[C@@H](C(=O)O)OC(O)[C@@H]2O)[C@H](O)[C@@H](O)[C@@H]1O. The number of carbonyl (C=O) groups is 2. The van der Waals surface area contributed by atoms with Crippen LogP contribution in [0.2, 0.25) is 0 Å². The molecule has 0 radical (unpaired) electrons. The number of carboxylic acid groups (broad SMARTS) is 2. The van der Waals surface area contributed by atoms with E-state index < -0.39 is 73.4 Å². The standard InChI is InChI=1S/C12H18O13/c13-1-2(14)7(9(18)19)25-12(3(1)15)24-6-4(16)8(10(20)21)23-11(22)5(6)17/h1-8,11-17,22H,(H,18,19)(H,20,21)/t1-,2-,3+,4-,5+,6-,7-,8-,11?,12+/m0/s1. The second-order valence-electron chi connectivity index (χ2n) is 5.60. The zero-order chi connectivity index (χ0) is 19.0. The first kappa shape index (κ1) is 19.9. The van der Waals surface area contributed by atoms with Gasteiger partial charge in [0.25, 0.3) is 0 Å². The third-order valence-electron chi connectivity index (χ3n) is 3.91. The van der Waals surface area contributed by atoms with Crippen LogP contribution in [-0.4, -0.2) is 114 Å². The normalized spacial score (nSPS) is 48.1. The maximum absolute atomic E-state index is 11.0. The van der Waals surface area contributed by atoms with Crippen LogP contribution in [0.15, 0.2) is 0 Å². The van der Waals surface area contributed by atoms with Crippen molar-refractivity contribution < 1.29 is 64.7 Å². The highest BCUT2D eigenvalue weighted by molar-refractivity contribution is 5.73.